The van der Waals surface area contributed by atoms with Crippen LogP contribution in [0, 0.1) is 0 Å². The van der Waals surface area contributed by atoms with Crippen molar-refractivity contribution in [2.75, 3.05) is 0 Å². The first-order valence-electron chi connectivity index (χ1n) is 8.72. The molecular formula is C20H18O5. The molecule has 3 aliphatic heterocycles. The summed E-state index contributed by atoms with van der Waals surface area (Å²) in [5, 5.41) is 10.2. The molecule has 2 aromatic carbocycles. The van der Waals surface area contributed by atoms with Crippen LogP contribution in [0.1, 0.15) is 23.3 Å². The zero-order chi connectivity index (χ0) is 16.6. The van der Waals surface area contributed by atoms with Crippen LogP contribution in [0.4, 0.5) is 0 Å². The van der Waals surface area contributed by atoms with E-state index in [1.807, 2.05) is 36.4 Å². The van der Waals surface area contributed by atoms with Gasteiger partial charge in [0.1, 0.15) is 42.7 Å². The lowest BCUT2D eigenvalue weighted by atomic mass is 9.92. The molecule has 2 aromatic rings. The van der Waals surface area contributed by atoms with Gasteiger partial charge in [-0.3, -0.25) is 0 Å². The van der Waals surface area contributed by atoms with E-state index in [1.165, 1.54) is 0 Å². The maximum absolute atomic E-state index is 10.2. The van der Waals surface area contributed by atoms with Crippen molar-refractivity contribution in [3.05, 3.63) is 71.8 Å². The molecule has 4 fully saturated rings. The van der Waals surface area contributed by atoms with Gasteiger partial charge in [-0.05, 0) is 11.1 Å². The standard InChI is InChI=1S/C20H18O5/c21-13-16-18(22-16)20(19-17(13)23-19)24-14(11-7-3-1-4-8-11)15(25-20)12-9-5-2-6-10-12/h1-10,13-19,21H/t13?,14-,15-,16-,17+,18-,19+/m1/s1. The second-order valence-electron chi connectivity index (χ2n) is 7.15. The predicted octanol–water partition coefficient (Wildman–Crippen LogP) is 2.12. The molecule has 1 N–H and O–H groups in total. The van der Waals surface area contributed by atoms with Gasteiger partial charge in [0.15, 0.2) is 0 Å². The second-order valence-corrected chi connectivity index (χ2v) is 7.15. The molecule has 1 unspecified atom stereocenters. The Morgan fingerprint density at radius 2 is 1.12 bits per heavy atom. The van der Waals surface area contributed by atoms with Crippen molar-refractivity contribution in [2.24, 2.45) is 0 Å². The van der Waals surface area contributed by atoms with E-state index in [9.17, 15) is 5.11 Å². The number of aliphatic hydroxyl groups excluding tert-OH is 1. The Bertz CT molecular complexity index is 727. The van der Waals surface area contributed by atoms with Gasteiger partial charge in [-0.15, -0.1) is 0 Å². The number of ether oxygens (including phenoxy) is 4. The van der Waals surface area contributed by atoms with Gasteiger partial charge in [0, 0.05) is 0 Å². The molecule has 0 aromatic heterocycles. The topological polar surface area (TPSA) is 63.8 Å². The minimum atomic E-state index is -0.935. The normalized spacial score (nSPS) is 42.7. The van der Waals surface area contributed by atoms with Gasteiger partial charge in [-0.1, -0.05) is 60.7 Å². The molecular weight excluding hydrogens is 320 g/mol. The van der Waals surface area contributed by atoms with Crippen molar-refractivity contribution < 1.29 is 24.1 Å². The lowest BCUT2D eigenvalue weighted by Gasteiger charge is -2.28. The number of hydrogen-bond donors (Lipinski definition) is 1. The Hall–Kier alpha value is -1.76. The van der Waals surface area contributed by atoms with E-state index in [0.29, 0.717) is 0 Å². The largest absolute Gasteiger partial charge is 0.387 e. The summed E-state index contributed by atoms with van der Waals surface area (Å²) in [5.74, 6) is -0.935. The van der Waals surface area contributed by atoms with E-state index in [0.717, 1.165) is 11.1 Å². The third-order valence-electron chi connectivity index (χ3n) is 5.67. The molecule has 0 bridgehead atoms. The quantitative estimate of drug-likeness (QED) is 0.850. The maximum atomic E-state index is 10.2. The predicted molar refractivity (Wildman–Crippen MR) is 86.6 cm³/mol. The zero-order valence-electron chi connectivity index (χ0n) is 13.4. The van der Waals surface area contributed by atoms with E-state index >= 15 is 0 Å². The highest BCUT2D eigenvalue weighted by atomic mass is 16.8. The van der Waals surface area contributed by atoms with Gasteiger partial charge in [-0.25, -0.2) is 0 Å². The smallest absolute Gasteiger partial charge is 0.228 e. The molecule has 1 saturated carbocycles. The highest BCUT2D eigenvalue weighted by Crippen LogP contribution is 2.62. The van der Waals surface area contributed by atoms with Crippen molar-refractivity contribution in [1.29, 1.82) is 0 Å². The van der Waals surface area contributed by atoms with Crippen LogP contribution in [0.5, 0.6) is 0 Å². The lowest BCUT2D eigenvalue weighted by Crippen LogP contribution is -2.51. The SMILES string of the molecule is OC1[C@H]2O[C@H]2C2(O[C@H](c3ccccc3)[C@@H](c3ccccc3)O2)[C@H]2O[C@@H]12. The molecule has 6 rings (SSSR count). The average Bonchev–Trinajstić information content (AvgIpc) is 3.58. The zero-order valence-corrected chi connectivity index (χ0v) is 13.4. The summed E-state index contributed by atoms with van der Waals surface area (Å²) >= 11 is 0. The van der Waals surface area contributed by atoms with Crippen LogP contribution >= 0.6 is 0 Å². The first-order valence-corrected chi connectivity index (χ1v) is 8.72. The van der Waals surface area contributed by atoms with Crippen molar-refractivity contribution in [3.63, 3.8) is 0 Å². The molecule has 5 nitrogen and oxygen atoms in total. The van der Waals surface area contributed by atoms with Crippen LogP contribution in [-0.4, -0.2) is 41.4 Å². The fraction of sp³-hybridized carbons (Fsp3) is 0.400. The molecule has 5 heteroatoms. The van der Waals surface area contributed by atoms with E-state index in [4.69, 9.17) is 18.9 Å². The molecule has 128 valence electrons. The Labute approximate surface area is 145 Å². The summed E-state index contributed by atoms with van der Waals surface area (Å²) < 4.78 is 24.5. The molecule has 3 saturated heterocycles. The molecule has 1 spiro atoms. The summed E-state index contributed by atoms with van der Waals surface area (Å²) in [6, 6.07) is 20.2. The Balaban J connectivity index is 1.42. The van der Waals surface area contributed by atoms with Crippen molar-refractivity contribution in [2.45, 2.75) is 48.5 Å². The minimum absolute atomic E-state index is 0.242. The van der Waals surface area contributed by atoms with Crippen LogP contribution < -0.4 is 0 Å². The fourth-order valence-corrected chi connectivity index (χ4v) is 4.35. The first-order chi connectivity index (χ1) is 12.3. The summed E-state index contributed by atoms with van der Waals surface area (Å²) in [4.78, 5) is 0. The number of fused-ring (bicyclic) bond motifs is 4. The van der Waals surface area contributed by atoms with Crippen molar-refractivity contribution in [1.82, 2.24) is 0 Å². The molecule has 4 aliphatic rings. The van der Waals surface area contributed by atoms with E-state index in [-0.39, 0.29) is 36.6 Å². The Kier molecular flexibility index (Phi) is 2.83. The number of rotatable bonds is 2. The van der Waals surface area contributed by atoms with Crippen LogP contribution in [0.15, 0.2) is 60.7 Å². The Morgan fingerprint density at radius 3 is 1.56 bits per heavy atom. The number of epoxide rings is 2. The van der Waals surface area contributed by atoms with Crippen LogP contribution in [0.2, 0.25) is 0 Å². The highest BCUT2D eigenvalue weighted by Gasteiger charge is 2.80. The van der Waals surface area contributed by atoms with Crippen molar-refractivity contribution in [3.8, 4) is 0 Å². The summed E-state index contributed by atoms with van der Waals surface area (Å²) in [7, 11) is 0. The molecule has 0 radical (unpaired) electrons. The average molecular weight is 338 g/mol. The molecule has 3 heterocycles. The van der Waals surface area contributed by atoms with E-state index in [2.05, 4.69) is 24.3 Å². The van der Waals surface area contributed by atoms with Gasteiger partial charge >= 0.3 is 0 Å². The van der Waals surface area contributed by atoms with E-state index in [1.54, 1.807) is 0 Å². The summed E-state index contributed by atoms with van der Waals surface area (Å²) in [6.45, 7) is 0. The first kappa shape index (κ1) is 14.4. The van der Waals surface area contributed by atoms with Crippen LogP contribution in [0.3, 0.4) is 0 Å². The third kappa shape index (κ3) is 1.96. The number of benzene rings is 2. The maximum Gasteiger partial charge on any atom is 0.228 e. The molecule has 0 amide bonds. The molecule has 1 aliphatic carbocycles. The van der Waals surface area contributed by atoms with Gasteiger partial charge < -0.3 is 24.1 Å². The summed E-state index contributed by atoms with van der Waals surface area (Å²) in [6.07, 6.45) is -2.12. The van der Waals surface area contributed by atoms with Crippen LogP contribution in [0.25, 0.3) is 0 Å². The van der Waals surface area contributed by atoms with Crippen LogP contribution in [-0.2, 0) is 18.9 Å². The van der Waals surface area contributed by atoms with Gasteiger partial charge in [0.05, 0.1) is 0 Å². The highest BCUT2D eigenvalue weighted by molar-refractivity contribution is 5.30. The van der Waals surface area contributed by atoms with Crippen molar-refractivity contribution >= 4 is 0 Å². The Morgan fingerprint density at radius 1 is 0.680 bits per heavy atom. The molecule has 25 heavy (non-hydrogen) atoms. The van der Waals surface area contributed by atoms with Gasteiger partial charge in [0.2, 0.25) is 5.79 Å². The second kappa shape index (κ2) is 4.90. The number of hydrogen-bond acceptors (Lipinski definition) is 5. The monoisotopic (exact) mass is 338 g/mol. The molecule has 7 atom stereocenters. The number of aliphatic hydroxyl groups is 1. The van der Waals surface area contributed by atoms with Gasteiger partial charge in [-0.2, -0.15) is 0 Å². The minimum Gasteiger partial charge on any atom is -0.387 e. The fourth-order valence-electron chi connectivity index (χ4n) is 4.35. The van der Waals surface area contributed by atoms with E-state index < -0.39 is 11.9 Å². The lowest BCUT2D eigenvalue weighted by molar-refractivity contribution is -0.205. The third-order valence-corrected chi connectivity index (χ3v) is 5.67. The van der Waals surface area contributed by atoms with Gasteiger partial charge in [0.25, 0.3) is 0 Å². The summed E-state index contributed by atoms with van der Waals surface area (Å²) in [5.41, 5.74) is 2.13.